The number of halogens is 1. The lowest BCUT2D eigenvalue weighted by Gasteiger charge is -2.45. The molecule has 4 atom stereocenters. The van der Waals surface area contributed by atoms with Crippen LogP contribution >= 0.6 is 15.9 Å². The average Bonchev–Trinajstić information content (AvgIpc) is 2.93. The first kappa shape index (κ1) is 30.5. The van der Waals surface area contributed by atoms with Crippen LogP contribution in [0.5, 0.6) is 5.75 Å². The minimum atomic E-state index is -1.73. The molecule has 0 saturated heterocycles. The third-order valence-corrected chi connectivity index (χ3v) is 8.27. The van der Waals surface area contributed by atoms with Gasteiger partial charge in [-0.05, 0) is 68.1 Å². The van der Waals surface area contributed by atoms with Crippen molar-refractivity contribution in [2.75, 3.05) is 17.2 Å². The lowest BCUT2D eigenvalue weighted by Crippen LogP contribution is -2.56. The number of ketones is 1. The Hall–Kier alpha value is -3.49. The maximum atomic E-state index is 14.2. The van der Waals surface area contributed by atoms with Crippen LogP contribution in [0, 0.1) is 11.8 Å². The van der Waals surface area contributed by atoms with Gasteiger partial charge in [-0.25, -0.2) is 0 Å². The molecule has 0 bridgehead atoms. The van der Waals surface area contributed by atoms with E-state index >= 15 is 0 Å². The van der Waals surface area contributed by atoms with Gasteiger partial charge in [0, 0.05) is 33.7 Å². The van der Waals surface area contributed by atoms with E-state index in [1.807, 2.05) is 63.2 Å². The SMILES string of the molecule is CCOc1ccc(Br)cc1C1C(C(=O)Nc2ccccc2CC)C(=O)CC(C)(O)C1C(=O)Nc1ccccc1CC. The number of rotatable bonds is 9. The predicted octanol–water partition coefficient (Wildman–Crippen LogP) is 6.29. The molecule has 2 amide bonds. The molecule has 4 rings (SSSR count). The highest BCUT2D eigenvalue weighted by Crippen LogP contribution is 2.49. The molecule has 4 unspecified atom stereocenters. The van der Waals surface area contributed by atoms with Gasteiger partial charge in [0.15, 0.2) is 0 Å². The number of hydrogen-bond donors (Lipinski definition) is 3. The van der Waals surface area contributed by atoms with E-state index in [4.69, 9.17) is 4.74 Å². The number of para-hydroxylation sites is 2. The maximum Gasteiger partial charge on any atom is 0.235 e. The number of hydrogen-bond acceptors (Lipinski definition) is 5. The molecule has 7 nitrogen and oxygen atoms in total. The minimum Gasteiger partial charge on any atom is -0.494 e. The number of aryl methyl sites for hydroxylation is 2. The van der Waals surface area contributed by atoms with Crippen LogP contribution in [0.25, 0.3) is 0 Å². The van der Waals surface area contributed by atoms with Crippen molar-refractivity contribution < 1.29 is 24.2 Å². The zero-order valence-corrected chi connectivity index (χ0v) is 25.5. The molecule has 0 radical (unpaired) electrons. The van der Waals surface area contributed by atoms with E-state index in [0.717, 1.165) is 11.1 Å². The Balaban J connectivity index is 1.86. The molecule has 0 aliphatic heterocycles. The fourth-order valence-corrected chi connectivity index (χ4v) is 6.23. The molecule has 1 saturated carbocycles. The highest BCUT2D eigenvalue weighted by atomic mass is 79.9. The maximum absolute atomic E-state index is 14.2. The van der Waals surface area contributed by atoms with Gasteiger partial charge in [-0.15, -0.1) is 0 Å². The van der Waals surface area contributed by atoms with Crippen molar-refractivity contribution in [1.29, 1.82) is 0 Å². The number of aliphatic hydroxyl groups is 1. The van der Waals surface area contributed by atoms with Crippen molar-refractivity contribution >= 4 is 44.9 Å². The van der Waals surface area contributed by atoms with Crippen LogP contribution in [-0.2, 0) is 27.2 Å². The van der Waals surface area contributed by atoms with E-state index in [2.05, 4.69) is 26.6 Å². The monoisotopic (exact) mass is 620 g/mol. The Morgan fingerprint density at radius 2 is 1.49 bits per heavy atom. The molecule has 0 spiro atoms. The van der Waals surface area contributed by atoms with Gasteiger partial charge in [0.05, 0.1) is 18.1 Å². The summed E-state index contributed by atoms with van der Waals surface area (Å²) in [4.78, 5) is 41.9. The van der Waals surface area contributed by atoms with Gasteiger partial charge in [0.25, 0.3) is 0 Å². The van der Waals surface area contributed by atoms with Gasteiger partial charge >= 0.3 is 0 Å². The van der Waals surface area contributed by atoms with Crippen LogP contribution < -0.4 is 15.4 Å². The van der Waals surface area contributed by atoms with E-state index in [1.165, 1.54) is 6.92 Å². The molecule has 0 heterocycles. The van der Waals surface area contributed by atoms with Crippen molar-refractivity contribution in [1.82, 2.24) is 0 Å². The summed E-state index contributed by atoms with van der Waals surface area (Å²) in [5.41, 5.74) is 1.88. The topological polar surface area (TPSA) is 105 Å². The Labute approximate surface area is 249 Å². The van der Waals surface area contributed by atoms with Crippen molar-refractivity contribution in [3.05, 3.63) is 87.9 Å². The molecule has 8 heteroatoms. The van der Waals surface area contributed by atoms with Crippen LogP contribution in [0.3, 0.4) is 0 Å². The molecule has 1 fully saturated rings. The van der Waals surface area contributed by atoms with E-state index < -0.39 is 41.0 Å². The third kappa shape index (κ3) is 6.54. The molecule has 3 aromatic carbocycles. The summed E-state index contributed by atoms with van der Waals surface area (Å²) in [5, 5.41) is 17.7. The minimum absolute atomic E-state index is 0.340. The fraction of sp³-hybridized carbons (Fsp3) is 0.364. The Morgan fingerprint density at radius 1 is 0.927 bits per heavy atom. The number of nitrogens with one attached hydrogen (secondary N) is 2. The van der Waals surface area contributed by atoms with Crippen molar-refractivity contribution in [3.63, 3.8) is 0 Å². The molecular formula is C33H37BrN2O5. The summed E-state index contributed by atoms with van der Waals surface area (Å²) < 4.78 is 6.63. The molecule has 1 aliphatic carbocycles. The summed E-state index contributed by atoms with van der Waals surface area (Å²) in [6.07, 6.45) is 1.04. The first-order valence-corrected chi connectivity index (χ1v) is 14.8. The van der Waals surface area contributed by atoms with Gasteiger partial charge in [0.1, 0.15) is 17.5 Å². The van der Waals surface area contributed by atoms with Gasteiger partial charge in [-0.1, -0.05) is 66.2 Å². The summed E-state index contributed by atoms with van der Waals surface area (Å²) in [6.45, 7) is 7.65. The molecule has 1 aliphatic rings. The van der Waals surface area contributed by atoms with E-state index in [1.54, 1.807) is 24.3 Å². The fourth-order valence-electron chi connectivity index (χ4n) is 5.85. The molecule has 3 aromatic rings. The van der Waals surface area contributed by atoms with Crippen LogP contribution in [0.1, 0.15) is 56.7 Å². The summed E-state index contributed by atoms with van der Waals surface area (Å²) in [5.74, 6) is -4.38. The average molecular weight is 622 g/mol. The molecule has 41 heavy (non-hydrogen) atoms. The Kier molecular flexibility index (Phi) is 9.66. The van der Waals surface area contributed by atoms with E-state index in [0.29, 0.717) is 46.6 Å². The number of amides is 2. The lowest BCUT2D eigenvalue weighted by molar-refractivity contribution is -0.150. The molecule has 216 valence electrons. The summed E-state index contributed by atoms with van der Waals surface area (Å²) >= 11 is 3.51. The number of anilines is 2. The normalized spacial score (nSPS) is 22.2. The number of Topliss-reactive ketones (excluding diaryl/α,β-unsaturated/α-hetero) is 1. The molecule has 3 N–H and O–H groups in total. The van der Waals surface area contributed by atoms with Gasteiger partial charge in [0.2, 0.25) is 11.8 Å². The van der Waals surface area contributed by atoms with Crippen molar-refractivity contribution in [2.45, 2.75) is 58.5 Å². The van der Waals surface area contributed by atoms with Crippen molar-refractivity contribution in [3.8, 4) is 5.75 Å². The second kappa shape index (κ2) is 13.0. The summed E-state index contributed by atoms with van der Waals surface area (Å²) in [6, 6.07) is 20.2. The first-order chi connectivity index (χ1) is 19.6. The Bertz CT molecular complexity index is 1440. The van der Waals surface area contributed by atoms with Crippen LogP contribution in [0.2, 0.25) is 0 Å². The third-order valence-electron chi connectivity index (χ3n) is 7.78. The van der Waals surface area contributed by atoms with E-state index in [9.17, 15) is 19.5 Å². The van der Waals surface area contributed by atoms with Crippen LogP contribution in [0.4, 0.5) is 11.4 Å². The van der Waals surface area contributed by atoms with E-state index in [-0.39, 0.29) is 6.42 Å². The highest BCUT2D eigenvalue weighted by Gasteiger charge is 2.56. The second-order valence-corrected chi connectivity index (χ2v) is 11.5. The number of ether oxygens (including phenoxy) is 1. The molecule has 0 aromatic heterocycles. The number of carbonyl (C=O) groups excluding carboxylic acids is 3. The number of benzene rings is 3. The largest absolute Gasteiger partial charge is 0.494 e. The quantitative estimate of drug-likeness (QED) is 0.244. The Morgan fingerprint density at radius 3 is 2.05 bits per heavy atom. The number of carbonyl (C=O) groups is 3. The second-order valence-electron chi connectivity index (χ2n) is 10.6. The highest BCUT2D eigenvalue weighted by molar-refractivity contribution is 9.10. The van der Waals surface area contributed by atoms with Crippen molar-refractivity contribution in [2.24, 2.45) is 11.8 Å². The standard InChI is InChI=1S/C33H37BrN2O5/c1-5-20-12-8-10-14-24(20)35-31(38)29-26(37)19-33(4,40)30(32(39)36-25-15-11-9-13-21(25)6-2)28(29)23-18-22(34)16-17-27(23)41-7-3/h8-18,28-30,40H,5-7,19H2,1-4H3,(H,35,38)(H,36,39). The predicted molar refractivity (Wildman–Crippen MR) is 164 cm³/mol. The first-order valence-electron chi connectivity index (χ1n) is 14.1. The van der Waals surface area contributed by atoms with Gasteiger partial charge in [-0.2, -0.15) is 0 Å². The van der Waals surface area contributed by atoms with Crippen LogP contribution in [0.15, 0.2) is 71.2 Å². The lowest BCUT2D eigenvalue weighted by atomic mass is 9.61. The summed E-state index contributed by atoms with van der Waals surface area (Å²) in [7, 11) is 0. The molecular weight excluding hydrogens is 584 g/mol. The zero-order chi connectivity index (χ0) is 29.7. The smallest absolute Gasteiger partial charge is 0.235 e. The van der Waals surface area contributed by atoms with Crippen LogP contribution in [-0.4, -0.2) is 34.9 Å². The zero-order valence-electron chi connectivity index (χ0n) is 23.9. The van der Waals surface area contributed by atoms with Gasteiger partial charge in [-0.3, -0.25) is 14.4 Å². The van der Waals surface area contributed by atoms with Gasteiger partial charge < -0.3 is 20.5 Å².